The Balaban J connectivity index is 2.03. The van der Waals surface area contributed by atoms with Crippen molar-refractivity contribution in [3.63, 3.8) is 0 Å². The molecule has 0 spiro atoms. The average Bonchev–Trinajstić information content (AvgIpc) is 2.42. The number of carbonyl (C=O) groups is 2. The molecule has 0 saturated carbocycles. The van der Waals surface area contributed by atoms with E-state index in [1.807, 2.05) is 0 Å². The maximum absolute atomic E-state index is 11.7. The standard InChI is InChI=1S/C16H22N2O3/c1-11-8-13(3)14(9-12(11)2)17-4-6-18(7-5-17)15(19)10-16(20)21/h8-9H,4-7,10H2,1-3H3,(H,20,21). The second-order valence-electron chi connectivity index (χ2n) is 5.66. The summed E-state index contributed by atoms with van der Waals surface area (Å²) >= 11 is 0. The summed E-state index contributed by atoms with van der Waals surface area (Å²) in [6, 6.07) is 4.38. The number of carboxylic acid groups (broad SMARTS) is 1. The molecule has 0 aromatic heterocycles. The molecule has 0 radical (unpaired) electrons. The van der Waals surface area contributed by atoms with Crippen molar-refractivity contribution < 1.29 is 14.7 Å². The van der Waals surface area contributed by atoms with E-state index in [9.17, 15) is 9.59 Å². The van der Waals surface area contributed by atoms with E-state index >= 15 is 0 Å². The van der Waals surface area contributed by atoms with E-state index in [4.69, 9.17) is 5.11 Å². The van der Waals surface area contributed by atoms with E-state index in [1.54, 1.807) is 4.90 Å². The highest BCUT2D eigenvalue weighted by Crippen LogP contribution is 2.25. The van der Waals surface area contributed by atoms with Gasteiger partial charge in [0.05, 0.1) is 0 Å². The van der Waals surface area contributed by atoms with Crippen LogP contribution >= 0.6 is 0 Å². The van der Waals surface area contributed by atoms with Gasteiger partial charge < -0.3 is 14.9 Å². The molecular formula is C16H22N2O3. The van der Waals surface area contributed by atoms with Crippen LogP contribution in [0.15, 0.2) is 12.1 Å². The monoisotopic (exact) mass is 290 g/mol. The number of amides is 1. The zero-order valence-corrected chi connectivity index (χ0v) is 12.8. The smallest absolute Gasteiger partial charge is 0.312 e. The number of anilines is 1. The highest BCUT2D eigenvalue weighted by Gasteiger charge is 2.23. The molecule has 1 fully saturated rings. The molecule has 1 aromatic carbocycles. The maximum Gasteiger partial charge on any atom is 0.312 e. The minimum absolute atomic E-state index is 0.293. The Morgan fingerprint density at radius 1 is 1.00 bits per heavy atom. The van der Waals surface area contributed by atoms with Crippen molar-refractivity contribution in [1.29, 1.82) is 0 Å². The zero-order chi connectivity index (χ0) is 15.6. The molecule has 1 heterocycles. The first-order valence-corrected chi connectivity index (χ1v) is 7.21. The Kier molecular flexibility index (Phi) is 4.50. The Hall–Kier alpha value is -2.04. The van der Waals surface area contributed by atoms with Gasteiger partial charge >= 0.3 is 5.97 Å². The van der Waals surface area contributed by atoms with E-state index in [0.717, 1.165) is 13.1 Å². The molecule has 1 amide bonds. The van der Waals surface area contributed by atoms with E-state index in [-0.39, 0.29) is 5.91 Å². The van der Waals surface area contributed by atoms with Gasteiger partial charge in [-0.3, -0.25) is 9.59 Å². The number of benzene rings is 1. The second-order valence-corrected chi connectivity index (χ2v) is 5.66. The minimum Gasteiger partial charge on any atom is -0.481 e. The van der Waals surface area contributed by atoms with Crippen molar-refractivity contribution >= 4 is 17.6 Å². The predicted octanol–water partition coefficient (Wildman–Crippen LogP) is 1.74. The number of carbonyl (C=O) groups excluding carboxylic acids is 1. The van der Waals surface area contributed by atoms with Gasteiger partial charge in [0, 0.05) is 31.9 Å². The van der Waals surface area contributed by atoms with Crippen LogP contribution in [0, 0.1) is 20.8 Å². The molecule has 1 aliphatic rings. The van der Waals surface area contributed by atoms with E-state index in [1.165, 1.54) is 22.4 Å². The lowest BCUT2D eigenvalue weighted by molar-refractivity contribution is -0.144. The fraction of sp³-hybridized carbons (Fsp3) is 0.500. The van der Waals surface area contributed by atoms with Gasteiger partial charge in [0.15, 0.2) is 0 Å². The topological polar surface area (TPSA) is 60.9 Å². The molecule has 0 bridgehead atoms. The maximum atomic E-state index is 11.7. The van der Waals surface area contributed by atoms with Crippen molar-refractivity contribution in [1.82, 2.24) is 4.90 Å². The Morgan fingerprint density at radius 2 is 1.57 bits per heavy atom. The lowest BCUT2D eigenvalue weighted by Gasteiger charge is -2.37. The molecule has 114 valence electrons. The molecule has 5 heteroatoms. The number of hydrogen-bond acceptors (Lipinski definition) is 3. The molecule has 1 saturated heterocycles. The third-order valence-corrected chi connectivity index (χ3v) is 4.09. The van der Waals surface area contributed by atoms with Crippen molar-refractivity contribution in [3.8, 4) is 0 Å². The summed E-state index contributed by atoms with van der Waals surface area (Å²) in [4.78, 5) is 26.2. The van der Waals surface area contributed by atoms with Crippen molar-refractivity contribution in [3.05, 3.63) is 28.8 Å². The third-order valence-electron chi connectivity index (χ3n) is 4.09. The fourth-order valence-electron chi connectivity index (χ4n) is 2.72. The van der Waals surface area contributed by atoms with Crippen molar-refractivity contribution in [2.45, 2.75) is 27.2 Å². The molecule has 5 nitrogen and oxygen atoms in total. The molecule has 0 unspecified atom stereocenters. The van der Waals surface area contributed by atoms with Crippen LogP contribution in [-0.4, -0.2) is 48.1 Å². The first kappa shape index (κ1) is 15.4. The van der Waals surface area contributed by atoms with Gasteiger partial charge in [0.2, 0.25) is 5.91 Å². The molecule has 1 aliphatic heterocycles. The SMILES string of the molecule is Cc1cc(C)c(N2CCN(C(=O)CC(=O)O)CC2)cc1C. The number of aliphatic carboxylic acids is 1. The van der Waals surface area contributed by atoms with Crippen LogP contribution in [0.4, 0.5) is 5.69 Å². The van der Waals surface area contributed by atoms with Crippen LogP contribution in [0.1, 0.15) is 23.1 Å². The first-order chi connectivity index (χ1) is 9.88. The molecule has 0 aliphatic carbocycles. The van der Waals surface area contributed by atoms with Gasteiger partial charge in [-0.15, -0.1) is 0 Å². The van der Waals surface area contributed by atoms with Crippen LogP contribution in [-0.2, 0) is 9.59 Å². The van der Waals surface area contributed by atoms with Gasteiger partial charge in [-0.05, 0) is 43.5 Å². The Labute approximate surface area is 125 Å². The largest absolute Gasteiger partial charge is 0.481 e. The molecule has 0 atom stereocenters. The quantitative estimate of drug-likeness (QED) is 0.861. The number of hydrogen-bond donors (Lipinski definition) is 1. The summed E-state index contributed by atoms with van der Waals surface area (Å²) in [5, 5.41) is 8.68. The van der Waals surface area contributed by atoms with Crippen LogP contribution in [0.25, 0.3) is 0 Å². The Morgan fingerprint density at radius 3 is 2.14 bits per heavy atom. The molecule has 1 aromatic rings. The number of carboxylic acids is 1. The summed E-state index contributed by atoms with van der Waals surface area (Å²) in [7, 11) is 0. The molecule has 2 rings (SSSR count). The highest BCUT2D eigenvalue weighted by molar-refractivity contribution is 5.93. The van der Waals surface area contributed by atoms with E-state index in [2.05, 4.69) is 37.8 Å². The van der Waals surface area contributed by atoms with Crippen molar-refractivity contribution in [2.24, 2.45) is 0 Å². The number of nitrogens with zero attached hydrogens (tertiary/aromatic N) is 2. The van der Waals surface area contributed by atoms with Crippen molar-refractivity contribution in [2.75, 3.05) is 31.1 Å². The lowest BCUT2D eigenvalue weighted by Crippen LogP contribution is -2.49. The van der Waals surface area contributed by atoms with E-state index in [0.29, 0.717) is 13.1 Å². The highest BCUT2D eigenvalue weighted by atomic mass is 16.4. The predicted molar refractivity (Wildman–Crippen MR) is 81.7 cm³/mol. The van der Waals surface area contributed by atoms with Crippen LogP contribution in [0.5, 0.6) is 0 Å². The number of piperazine rings is 1. The summed E-state index contributed by atoms with van der Waals surface area (Å²) in [5.74, 6) is -1.36. The van der Waals surface area contributed by atoms with Gasteiger partial charge in [0.25, 0.3) is 0 Å². The third kappa shape index (κ3) is 3.54. The van der Waals surface area contributed by atoms with E-state index < -0.39 is 12.4 Å². The number of aryl methyl sites for hydroxylation is 3. The molecular weight excluding hydrogens is 268 g/mol. The van der Waals surface area contributed by atoms with Gasteiger partial charge in [-0.25, -0.2) is 0 Å². The summed E-state index contributed by atoms with van der Waals surface area (Å²) in [6.45, 7) is 8.96. The molecule has 21 heavy (non-hydrogen) atoms. The van der Waals surface area contributed by atoms with Gasteiger partial charge in [-0.2, -0.15) is 0 Å². The average molecular weight is 290 g/mol. The Bertz CT molecular complexity index is 561. The summed E-state index contributed by atoms with van der Waals surface area (Å²) < 4.78 is 0. The zero-order valence-electron chi connectivity index (χ0n) is 12.8. The first-order valence-electron chi connectivity index (χ1n) is 7.21. The van der Waals surface area contributed by atoms with Crippen LogP contribution in [0.2, 0.25) is 0 Å². The van der Waals surface area contributed by atoms with Crippen LogP contribution in [0.3, 0.4) is 0 Å². The molecule has 1 N–H and O–H groups in total. The minimum atomic E-state index is -1.06. The number of rotatable bonds is 3. The summed E-state index contributed by atoms with van der Waals surface area (Å²) in [6.07, 6.45) is -0.414. The fourth-order valence-corrected chi connectivity index (χ4v) is 2.72. The van der Waals surface area contributed by atoms with Gasteiger partial charge in [0.1, 0.15) is 6.42 Å². The summed E-state index contributed by atoms with van der Waals surface area (Å²) in [5.41, 5.74) is 5.00. The lowest BCUT2D eigenvalue weighted by atomic mass is 10.0. The normalized spacial score (nSPS) is 15.2. The van der Waals surface area contributed by atoms with Crippen LogP contribution < -0.4 is 4.90 Å². The van der Waals surface area contributed by atoms with Gasteiger partial charge in [-0.1, -0.05) is 6.07 Å². The second kappa shape index (κ2) is 6.16.